The van der Waals surface area contributed by atoms with Gasteiger partial charge in [0.05, 0.1) is 12.6 Å². The second-order valence-electron chi connectivity index (χ2n) is 4.15. The molecular weight excluding hydrogens is 259 g/mol. The van der Waals surface area contributed by atoms with Gasteiger partial charge in [0.15, 0.2) is 17.5 Å². The third-order valence-electron chi connectivity index (χ3n) is 2.77. The maximum Gasteiger partial charge on any atom is 0.254 e. The molecule has 1 atom stereocenters. The Bertz CT molecular complexity index is 442. The normalized spacial score (nSPS) is 12.3. The van der Waals surface area contributed by atoms with Crippen LogP contribution in [0.15, 0.2) is 12.1 Å². The topological polar surface area (TPSA) is 29.5 Å². The second-order valence-corrected chi connectivity index (χ2v) is 4.15. The highest BCUT2D eigenvalue weighted by atomic mass is 19.2. The van der Waals surface area contributed by atoms with Crippen LogP contribution in [0.3, 0.4) is 0 Å². The number of ether oxygens (including phenoxy) is 1. The van der Waals surface area contributed by atoms with Crippen molar-refractivity contribution in [3.8, 4) is 0 Å². The first kappa shape index (κ1) is 15.5. The highest BCUT2D eigenvalue weighted by Gasteiger charge is 2.22. The molecule has 0 fully saturated rings. The van der Waals surface area contributed by atoms with Crippen LogP contribution >= 0.6 is 0 Å². The average molecular weight is 275 g/mol. The van der Waals surface area contributed by atoms with Gasteiger partial charge in [0, 0.05) is 19.2 Å². The fourth-order valence-corrected chi connectivity index (χ4v) is 1.83. The number of rotatable bonds is 5. The van der Waals surface area contributed by atoms with Crippen LogP contribution in [0.2, 0.25) is 0 Å². The summed E-state index contributed by atoms with van der Waals surface area (Å²) >= 11 is 0. The van der Waals surface area contributed by atoms with E-state index >= 15 is 0 Å². The molecule has 1 aromatic carbocycles. The Morgan fingerprint density at radius 2 is 1.84 bits per heavy atom. The van der Waals surface area contributed by atoms with Crippen molar-refractivity contribution in [2.75, 3.05) is 20.3 Å². The first-order valence-electron chi connectivity index (χ1n) is 5.86. The van der Waals surface area contributed by atoms with Crippen molar-refractivity contribution in [2.45, 2.75) is 19.9 Å². The van der Waals surface area contributed by atoms with E-state index in [1.807, 2.05) is 0 Å². The van der Waals surface area contributed by atoms with E-state index in [1.165, 1.54) is 12.0 Å². The van der Waals surface area contributed by atoms with E-state index in [0.29, 0.717) is 25.3 Å². The molecule has 0 aliphatic rings. The molecule has 0 saturated heterocycles. The summed E-state index contributed by atoms with van der Waals surface area (Å²) in [5.41, 5.74) is -0.221. The summed E-state index contributed by atoms with van der Waals surface area (Å²) in [6, 6.07) is 1.14. The number of amides is 1. The molecule has 1 aromatic rings. The molecule has 1 unspecified atom stereocenters. The van der Waals surface area contributed by atoms with Crippen molar-refractivity contribution in [3.05, 3.63) is 35.1 Å². The fourth-order valence-electron chi connectivity index (χ4n) is 1.83. The molecule has 0 heterocycles. The van der Waals surface area contributed by atoms with Crippen molar-refractivity contribution in [1.82, 2.24) is 4.90 Å². The number of carbonyl (C=O) groups excluding carboxylic acids is 1. The monoisotopic (exact) mass is 275 g/mol. The number of carbonyl (C=O) groups is 1. The molecule has 0 aliphatic heterocycles. The Morgan fingerprint density at radius 3 is 2.26 bits per heavy atom. The lowest BCUT2D eigenvalue weighted by atomic mass is 10.1. The third-order valence-corrected chi connectivity index (χ3v) is 2.77. The SMILES string of the molecule is CCN(C(=O)c1cc(F)c(F)c(F)c1)C(C)COC. The maximum absolute atomic E-state index is 13.1. The third kappa shape index (κ3) is 3.47. The first-order chi connectivity index (χ1) is 8.92. The number of nitrogens with zero attached hydrogens (tertiary/aromatic N) is 1. The molecule has 0 bridgehead atoms. The van der Waals surface area contributed by atoms with Crippen molar-refractivity contribution >= 4 is 5.91 Å². The fraction of sp³-hybridized carbons (Fsp3) is 0.462. The Hall–Kier alpha value is -1.56. The molecule has 0 N–H and O–H groups in total. The quantitative estimate of drug-likeness (QED) is 0.773. The molecule has 19 heavy (non-hydrogen) atoms. The minimum Gasteiger partial charge on any atom is -0.383 e. The average Bonchev–Trinajstić information content (AvgIpc) is 2.36. The van der Waals surface area contributed by atoms with Crippen LogP contribution in [0.25, 0.3) is 0 Å². The van der Waals surface area contributed by atoms with Crippen LogP contribution in [0, 0.1) is 17.5 Å². The molecular formula is C13H16F3NO2. The largest absolute Gasteiger partial charge is 0.383 e. The lowest BCUT2D eigenvalue weighted by molar-refractivity contribution is 0.0578. The smallest absolute Gasteiger partial charge is 0.254 e. The summed E-state index contributed by atoms with van der Waals surface area (Å²) in [5.74, 6) is -4.90. The second kappa shape index (κ2) is 6.56. The van der Waals surface area contributed by atoms with Gasteiger partial charge in [-0.25, -0.2) is 13.2 Å². The van der Waals surface area contributed by atoms with Crippen molar-refractivity contribution in [3.63, 3.8) is 0 Å². The highest BCUT2D eigenvalue weighted by Crippen LogP contribution is 2.16. The first-order valence-corrected chi connectivity index (χ1v) is 5.86. The Labute approximate surface area is 110 Å². The molecule has 1 amide bonds. The van der Waals surface area contributed by atoms with E-state index in [1.54, 1.807) is 13.8 Å². The summed E-state index contributed by atoms with van der Waals surface area (Å²) in [5, 5.41) is 0. The van der Waals surface area contributed by atoms with Crippen molar-refractivity contribution in [1.29, 1.82) is 0 Å². The van der Waals surface area contributed by atoms with E-state index in [4.69, 9.17) is 4.74 Å². The number of hydrogen-bond acceptors (Lipinski definition) is 2. The summed E-state index contributed by atoms with van der Waals surface area (Å²) in [6.45, 7) is 4.14. The molecule has 6 heteroatoms. The van der Waals surface area contributed by atoms with Gasteiger partial charge in [-0.2, -0.15) is 0 Å². The van der Waals surface area contributed by atoms with E-state index in [-0.39, 0.29) is 11.6 Å². The maximum atomic E-state index is 13.1. The predicted molar refractivity (Wildman–Crippen MR) is 64.4 cm³/mol. The molecule has 0 aromatic heterocycles. The van der Waals surface area contributed by atoms with Gasteiger partial charge >= 0.3 is 0 Å². The van der Waals surface area contributed by atoms with Gasteiger partial charge in [0.1, 0.15) is 0 Å². The Kier molecular flexibility index (Phi) is 5.35. The van der Waals surface area contributed by atoms with Crippen LogP contribution < -0.4 is 0 Å². The van der Waals surface area contributed by atoms with E-state index < -0.39 is 23.4 Å². The van der Waals surface area contributed by atoms with Gasteiger partial charge in [-0.3, -0.25) is 4.79 Å². The van der Waals surface area contributed by atoms with Gasteiger partial charge in [0.25, 0.3) is 5.91 Å². The van der Waals surface area contributed by atoms with Crippen LogP contribution in [-0.2, 0) is 4.74 Å². The van der Waals surface area contributed by atoms with Gasteiger partial charge in [0.2, 0.25) is 0 Å². The molecule has 1 rings (SSSR count). The Balaban J connectivity index is 3.04. The predicted octanol–water partition coefficient (Wildman–Crippen LogP) is 2.60. The van der Waals surface area contributed by atoms with Gasteiger partial charge in [-0.15, -0.1) is 0 Å². The standard InChI is InChI=1S/C13H16F3NO2/c1-4-17(8(2)7-19-3)13(18)9-5-10(14)12(16)11(15)6-9/h5-6,8H,4,7H2,1-3H3. The summed E-state index contributed by atoms with van der Waals surface area (Å²) < 4.78 is 44.0. The lowest BCUT2D eigenvalue weighted by Gasteiger charge is -2.27. The van der Waals surface area contributed by atoms with E-state index in [2.05, 4.69) is 0 Å². The van der Waals surface area contributed by atoms with Crippen LogP contribution in [0.4, 0.5) is 13.2 Å². The van der Waals surface area contributed by atoms with Gasteiger partial charge < -0.3 is 9.64 Å². The molecule has 3 nitrogen and oxygen atoms in total. The van der Waals surface area contributed by atoms with E-state index in [9.17, 15) is 18.0 Å². The Morgan fingerprint density at radius 1 is 1.32 bits per heavy atom. The summed E-state index contributed by atoms with van der Waals surface area (Å²) in [4.78, 5) is 13.5. The lowest BCUT2D eigenvalue weighted by Crippen LogP contribution is -2.41. The zero-order valence-corrected chi connectivity index (χ0v) is 11.0. The van der Waals surface area contributed by atoms with Crippen molar-refractivity contribution in [2.24, 2.45) is 0 Å². The molecule has 0 saturated carbocycles. The molecule has 0 radical (unpaired) electrons. The number of halogens is 3. The molecule has 106 valence electrons. The summed E-state index contributed by atoms with van der Waals surface area (Å²) in [7, 11) is 1.49. The zero-order valence-electron chi connectivity index (χ0n) is 11.0. The molecule has 0 spiro atoms. The number of likely N-dealkylation sites (N-methyl/N-ethyl adjacent to an activating group) is 1. The van der Waals surface area contributed by atoms with Crippen molar-refractivity contribution < 1.29 is 22.7 Å². The molecule has 0 aliphatic carbocycles. The summed E-state index contributed by atoms with van der Waals surface area (Å²) in [6.07, 6.45) is 0. The minimum atomic E-state index is -1.58. The minimum absolute atomic E-state index is 0.221. The number of hydrogen-bond donors (Lipinski definition) is 0. The van der Waals surface area contributed by atoms with Gasteiger partial charge in [-0.05, 0) is 26.0 Å². The van der Waals surface area contributed by atoms with Crippen LogP contribution in [0.5, 0.6) is 0 Å². The van der Waals surface area contributed by atoms with Crippen LogP contribution in [-0.4, -0.2) is 37.1 Å². The van der Waals surface area contributed by atoms with Crippen LogP contribution in [0.1, 0.15) is 24.2 Å². The van der Waals surface area contributed by atoms with E-state index in [0.717, 1.165) is 0 Å². The van der Waals surface area contributed by atoms with Gasteiger partial charge in [-0.1, -0.05) is 0 Å². The zero-order chi connectivity index (χ0) is 14.6. The number of methoxy groups -OCH3 is 1. The highest BCUT2D eigenvalue weighted by molar-refractivity contribution is 5.94. The number of benzene rings is 1.